The van der Waals surface area contributed by atoms with Crippen LogP contribution in [-0.2, 0) is 32.7 Å². The summed E-state index contributed by atoms with van der Waals surface area (Å²) in [5, 5.41) is 0. The van der Waals surface area contributed by atoms with Crippen molar-refractivity contribution in [3.05, 3.63) is 48.6 Å². The number of phosphoric ester groups is 1. The van der Waals surface area contributed by atoms with Crippen LogP contribution in [0.3, 0.4) is 0 Å². The van der Waals surface area contributed by atoms with Gasteiger partial charge in [0.05, 0.1) is 6.61 Å². The average molecular weight is 879 g/mol. The Morgan fingerprint density at radius 2 is 0.787 bits per heavy atom. The van der Waals surface area contributed by atoms with Crippen LogP contribution < -0.4 is 0 Å². The smallest absolute Gasteiger partial charge is 0.462 e. The summed E-state index contributed by atoms with van der Waals surface area (Å²) in [4.78, 5) is 34.7. The third-order valence-corrected chi connectivity index (χ3v) is 12.0. The quantitative estimate of drug-likeness (QED) is 0.0279. The van der Waals surface area contributed by atoms with Crippen LogP contribution in [0.2, 0.25) is 0 Å². The third kappa shape index (κ3) is 47.3. The van der Waals surface area contributed by atoms with E-state index in [1.807, 2.05) is 0 Å². The van der Waals surface area contributed by atoms with Crippen molar-refractivity contribution in [2.45, 2.75) is 251 Å². The maximum absolute atomic E-state index is 12.6. The van der Waals surface area contributed by atoms with Crippen molar-refractivity contribution in [3.63, 3.8) is 0 Å². The molecule has 0 aliphatic carbocycles. The summed E-state index contributed by atoms with van der Waals surface area (Å²) in [6.07, 6.45) is 58.8. The van der Waals surface area contributed by atoms with Crippen LogP contribution in [0, 0.1) is 0 Å². The number of hydrogen-bond acceptors (Lipinski definition) is 7. The summed E-state index contributed by atoms with van der Waals surface area (Å²) in [7, 11) is -3.20. The van der Waals surface area contributed by atoms with Crippen molar-refractivity contribution in [1.29, 1.82) is 0 Å². The van der Waals surface area contributed by atoms with Gasteiger partial charge in [-0.2, -0.15) is 0 Å². The Morgan fingerprint density at radius 3 is 1.18 bits per heavy atom. The highest BCUT2D eigenvalue weighted by Crippen LogP contribution is 2.42. The Kier molecular flexibility index (Phi) is 45.9. The molecule has 0 spiro atoms. The molecule has 0 aromatic rings. The molecule has 2 unspecified atom stereocenters. The molecule has 0 heterocycles. The first-order chi connectivity index (χ1) is 29.8. The highest BCUT2D eigenvalue weighted by atomic mass is 31.2. The molecule has 0 fully saturated rings. The monoisotopic (exact) mass is 879 g/mol. The van der Waals surface area contributed by atoms with E-state index in [0.717, 1.165) is 52.1 Å². The Balaban J connectivity index is 3.91. The molecule has 0 amide bonds. The second-order valence-corrected chi connectivity index (χ2v) is 18.5. The van der Waals surface area contributed by atoms with E-state index in [1.165, 1.54) is 167 Å². The molecule has 9 heteroatoms. The summed E-state index contributed by atoms with van der Waals surface area (Å²) in [5.41, 5.74) is 0. The number of carbonyl (C=O) groups excluding carboxylic acids is 2. The first kappa shape index (κ1) is 59.0. The normalized spacial score (nSPS) is 13.6. The number of allylic oxidation sites excluding steroid dienone is 8. The predicted molar refractivity (Wildman–Crippen MR) is 258 cm³/mol. The lowest BCUT2D eigenvalue weighted by Crippen LogP contribution is -2.29. The maximum atomic E-state index is 12.6. The van der Waals surface area contributed by atoms with Crippen LogP contribution in [-0.4, -0.2) is 43.3 Å². The standard InChI is InChI=1S/C52H95O8P/c1-4-6-8-10-12-14-16-18-20-22-24-25-26-27-29-31-33-35-37-39-41-43-45-47-52(54)60-50(49-59-61(55,56)57-3)48-58-51(53)46-44-42-40-38-36-34-32-30-28-23-21-19-17-15-13-11-9-7-5-2/h13,15-16,18-19,21-22,24,50H,4-12,14,17,20,23,25-49H2,1-3H3,(H,55,56)/b15-13-,18-16-,21-19-,24-22-. The second-order valence-electron chi connectivity index (χ2n) is 16.9. The zero-order chi connectivity index (χ0) is 44.6. The minimum absolute atomic E-state index is 0.228. The molecular formula is C52H95O8P. The van der Waals surface area contributed by atoms with Crippen molar-refractivity contribution < 1.29 is 37.6 Å². The van der Waals surface area contributed by atoms with Gasteiger partial charge < -0.3 is 14.4 Å². The topological polar surface area (TPSA) is 108 Å². The van der Waals surface area contributed by atoms with Crippen LogP contribution in [0.15, 0.2) is 48.6 Å². The van der Waals surface area contributed by atoms with Crippen molar-refractivity contribution in [2.24, 2.45) is 0 Å². The van der Waals surface area contributed by atoms with Crippen LogP contribution in [0.4, 0.5) is 0 Å². The van der Waals surface area contributed by atoms with Gasteiger partial charge in [-0.1, -0.05) is 204 Å². The second kappa shape index (κ2) is 47.5. The average Bonchev–Trinajstić information content (AvgIpc) is 3.25. The van der Waals surface area contributed by atoms with Gasteiger partial charge in [0.2, 0.25) is 0 Å². The van der Waals surface area contributed by atoms with Gasteiger partial charge in [0.25, 0.3) is 0 Å². The fourth-order valence-corrected chi connectivity index (χ4v) is 7.59. The summed E-state index contributed by atoms with van der Waals surface area (Å²) in [6, 6.07) is 0. The number of unbranched alkanes of at least 4 members (excludes halogenated alkanes) is 28. The van der Waals surface area contributed by atoms with E-state index in [4.69, 9.17) is 14.0 Å². The SMILES string of the molecule is CCCCC/C=C\C/C=C\CCCCCCCCCCCC(=O)OCC(COP(=O)(O)OC)OC(=O)CCCCCCCCCCCCC/C=C\C/C=C\CCCCCCC. The molecule has 0 aromatic heterocycles. The van der Waals surface area contributed by atoms with E-state index in [9.17, 15) is 19.0 Å². The minimum atomic E-state index is -4.27. The highest BCUT2D eigenvalue weighted by molar-refractivity contribution is 7.47. The van der Waals surface area contributed by atoms with E-state index >= 15 is 0 Å². The summed E-state index contributed by atoms with van der Waals surface area (Å²) in [5.74, 6) is -0.804. The molecule has 0 rings (SSSR count). The van der Waals surface area contributed by atoms with Gasteiger partial charge in [0, 0.05) is 20.0 Å². The maximum Gasteiger partial charge on any atom is 0.472 e. The van der Waals surface area contributed by atoms with Gasteiger partial charge in [0.1, 0.15) is 6.61 Å². The molecule has 356 valence electrons. The number of esters is 2. The third-order valence-electron chi connectivity index (χ3n) is 11.0. The summed E-state index contributed by atoms with van der Waals surface area (Å²) in [6.45, 7) is 3.88. The van der Waals surface area contributed by atoms with Gasteiger partial charge in [-0.3, -0.25) is 18.6 Å². The first-order valence-electron chi connectivity index (χ1n) is 25.3. The number of rotatable bonds is 47. The van der Waals surface area contributed by atoms with Gasteiger partial charge in [0.15, 0.2) is 6.10 Å². The van der Waals surface area contributed by atoms with Crippen LogP contribution in [0.5, 0.6) is 0 Å². The molecule has 0 saturated heterocycles. The zero-order valence-corrected chi connectivity index (χ0v) is 40.7. The van der Waals surface area contributed by atoms with Crippen LogP contribution in [0.25, 0.3) is 0 Å². The lowest BCUT2D eigenvalue weighted by molar-refractivity contribution is -0.161. The number of ether oxygens (including phenoxy) is 2. The Morgan fingerprint density at radius 1 is 0.459 bits per heavy atom. The number of phosphoric acid groups is 1. The lowest BCUT2D eigenvalue weighted by atomic mass is 10.0. The van der Waals surface area contributed by atoms with Crippen LogP contribution in [0.1, 0.15) is 245 Å². The van der Waals surface area contributed by atoms with E-state index in [-0.39, 0.29) is 25.4 Å². The molecule has 8 nitrogen and oxygen atoms in total. The molecule has 0 aliphatic rings. The van der Waals surface area contributed by atoms with E-state index in [1.54, 1.807) is 0 Å². The fourth-order valence-electron chi connectivity index (χ4n) is 7.13. The number of carbonyl (C=O) groups is 2. The number of hydrogen-bond donors (Lipinski definition) is 1. The Hall–Kier alpha value is -1.99. The molecule has 0 aromatic carbocycles. The van der Waals surface area contributed by atoms with Crippen molar-refractivity contribution in [3.8, 4) is 0 Å². The molecular weight excluding hydrogens is 784 g/mol. The molecule has 2 atom stereocenters. The largest absolute Gasteiger partial charge is 0.472 e. The van der Waals surface area contributed by atoms with Gasteiger partial charge in [-0.05, 0) is 77.0 Å². The lowest BCUT2D eigenvalue weighted by Gasteiger charge is -2.19. The van der Waals surface area contributed by atoms with Crippen molar-refractivity contribution in [2.75, 3.05) is 20.3 Å². The molecule has 0 aliphatic heterocycles. The summed E-state index contributed by atoms with van der Waals surface area (Å²) < 4.78 is 32.1. The molecule has 0 radical (unpaired) electrons. The summed E-state index contributed by atoms with van der Waals surface area (Å²) >= 11 is 0. The van der Waals surface area contributed by atoms with E-state index in [0.29, 0.717) is 6.42 Å². The Bertz CT molecular complexity index is 1130. The fraction of sp³-hybridized carbons (Fsp3) is 0.808. The van der Waals surface area contributed by atoms with Gasteiger partial charge in [-0.15, -0.1) is 0 Å². The Labute approximate surface area is 376 Å². The van der Waals surface area contributed by atoms with E-state index < -0.39 is 26.5 Å². The van der Waals surface area contributed by atoms with Crippen LogP contribution >= 0.6 is 7.82 Å². The van der Waals surface area contributed by atoms with Crippen molar-refractivity contribution >= 4 is 19.8 Å². The molecule has 1 N–H and O–H groups in total. The van der Waals surface area contributed by atoms with Gasteiger partial charge in [-0.25, -0.2) is 4.57 Å². The zero-order valence-electron chi connectivity index (χ0n) is 39.8. The van der Waals surface area contributed by atoms with E-state index in [2.05, 4.69) is 67.0 Å². The van der Waals surface area contributed by atoms with Crippen molar-refractivity contribution in [1.82, 2.24) is 0 Å². The minimum Gasteiger partial charge on any atom is -0.462 e. The molecule has 0 bridgehead atoms. The van der Waals surface area contributed by atoms with Gasteiger partial charge >= 0.3 is 19.8 Å². The predicted octanol–water partition coefficient (Wildman–Crippen LogP) is 16.5. The molecule has 61 heavy (non-hydrogen) atoms. The highest BCUT2D eigenvalue weighted by Gasteiger charge is 2.24. The molecule has 0 saturated carbocycles. The first-order valence-corrected chi connectivity index (χ1v) is 26.8.